The summed E-state index contributed by atoms with van der Waals surface area (Å²) in [5.41, 5.74) is 3.70. The molecule has 0 atom stereocenters. The minimum atomic E-state index is -0.346. The predicted octanol–water partition coefficient (Wildman–Crippen LogP) is 3.65. The smallest absolute Gasteiger partial charge is 0.256 e. The molecule has 2 aromatic carbocycles. The van der Waals surface area contributed by atoms with Gasteiger partial charge in [-0.1, -0.05) is 35.9 Å². The number of carbonyl (C=O) groups excluding carboxylic acids is 1. The Morgan fingerprint density at radius 3 is 2.50 bits per heavy atom. The molecular weight excluding hydrogens is 429 g/mol. The number of nitrogens with zero attached hydrogens (tertiary/aromatic N) is 4. The van der Waals surface area contributed by atoms with Crippen LogP contribution in [-0.4, -0.2) is 58.7 Å². The number of aromatic nitrogens is 2. The average molecular weight is 456 g/mol. The third-order valence-corrected chi connectivity index (χ3v) is 6.10. The monoisotopic (exact) mass is 455 g/mol. The van der Waals surface area contributed by atoms with Crippen LogP contribution in [0.1, 0.15) is 27.2 Å². The van der Waals surface area contributed by atoms with Crippen LogP contribution in [-0.2, 0) is 13.1 Å². The van der Waals surface area contributed by atoms with Crippen molar-refractivity contribution in [3.63, 3.8) is 0 Å². The van der Waals surface area contributed by atoms with Gasteiger partial charge in [0.15, 0.2) is 0 Å². The van der Waals surface area contributed by atoms with Crippen molar-refractivity contribution < 1.29 is 9.18 Å². The zero-order chi connectivity index (χ0) is 22.7. The summed E-state index contributed by atoms with van der Waals surface area (Å²) in [6, 6.07) is 14.1. The van der Waals surface area contributed by atoms with Crippen LogP contribution in [0.5, 0.6) is 0 Å². The third kappa shape index (κ3) is 5.18. The number of nitrogens with one attached hydrogen (secondary N) is 1. The van der Waals surface area contributed by atoms with Gasteiger partial charge in [0.1, 0.15) is 11.0 Å². The second kappa shape index (κ2) is 9.81. The topological polar surface area (TPSA) is 53.4 Å². The fraction of sp³-hybridized carbons (Fsp3) is 0.333. The van der Waals surface area contributed by atoms with Gasteiger partial charge in [-0.25, -0.2) is 9.07 Å². The van der Waals surface area contributed by atoms with Crippen molar-refractivity contribution in [3.8, 4) is 5.69 Å². The molecule has 4 rings (SSSR count). The molecule has 0 spiro atoms. The lowest BCUT2D eigenvalue weighted by atomic mass is 10.1. The van der Waals surface area contributed by atoms with Gasteiger partial charge in [-0.05, 0) is 49.4 Å². The van der Waals surface area contributed by atoms with Crippen molar-refractivity contribution in [2.24, 2.45) is 0 Å². The normalized spacial score (nSPS) is 15.1. The minimum Gasteiger partial charge on any atom is -0.348 e. The Balaban J connectivity index is 1.41. The van der Waals surface area contributed by atoms with E-state index in [1.807, 2.05) is 12.1 Å². The van der Waals surface area contributed by atoms with Gasteiger partial charge in [-0.3, -0.25) is 9.69 Å². The van der Waals surface area contributed by atoms with Gasteiger partial charge in [0.05, 0.1) is 16.9 Å². The standard InChI is InChI=1S/C24H27ClFN5O/c1-17-22(23(25)31(28-17)21-8-6-20(26)7-9-21)24(32)27-15-18-4-3-5-19(14-18)16-30-12-10-29(2)11-13-30/h3-9,14H,10-13,15-16H2,1-2H3,(H,27,32). The maximum Gasteiger partial charge on any atom is 0.256 e. The molecule has 0 saturated carbocycles. The molecule has 32 heavy (non-hydrogen) atoms. The maximum absolute atomic E-state index is 13.2. The summed E-state index contributed by atoms with van der Waals surface area (Å²) in [4.78, 5) is 17.7. The van der Waals surface area contributed by atoms with Crippen molar-refractivity contribution in [1.29, 1.82) is 0 Å². The molecular formula is C24H27ClFN5O. The summed E-state index contributed by atoms with van der Waals surface area (Å²) in [6.07, 6.45) is 0. The summed E-state index contributed by atoms with van der Waals surface area (Å²) in [6.45, 7) is 7.33. The number of hydrogen-bond donors (Lipinski definition) is 1. The Hall–Kier alpha value is -2.74. The van der Waals surface area contributed by atoms with E-state index in [0.29, 0.717) is 23.5 Å². The Morgan fingerprint density at radius 2 is 1.78 bits per heavy atom. The Bertz CT molecular complexity index is 1090. The summed E-state index contributed by atoms with van der Waals surface area (Å²) in [5, 5.41) is 7.52. The molecule has 6 nitrogen and oxygen atoms in total. The fourth-order valence-corrected chi connectivity index (χ4v) is 4.24. The third-order valence-electron chi connectivity index (χ3n) is 5.75. The van der Waals surface area contributed by atoms with Gasteiger partial charge in [0.25, 0.3) is 5.91 Å². The molecule has 8 heteroatoms. The molecule has 1 fully saturated rings. The number of benzene rings is 2. The van der Waals surface area contributed by atoms with Crippen LogP contribution in [0.4, 0.5) is 4.39 Å². The van der Waals surface area contributed by atoms with Crippen molar-refractivity contribution in [2.45, 2.75) is 20.0 Å². The van der Waals surface area contributed by atoms with Gasteiger partial charge >= 0.3 is 0 Å². The molecule has 0 aliphatic carbocycles. The first-order valence-corrected chi connectivity index (χ1v) is 11.1. The van der Waals surface area contributed by atoms with E-state index in [0.717, 1.165) is 38.3 Å². The van der Waals surface area contributed by atoms with Gasteiger partial charge < -0.3 is 10.2 Å². The Morgan fingerprint density at radius 1 is 1.09 bits per heavy atom. The summed E-state index contributed by atoms with van der Waals surface area (Å²) in [5.74, 6) is -0.632. The van der Waals surface area contributed by atoms with E-state index in [2.05, 4.69) is 39.4 Å². The zero-order valence-electron chi connectivity index (χ0n) is 18.3. The maximum atomic E-state index is 13.2. The molecule has 1 aliphatic rings. The lowest BCUT2D eigenvalue weighted by Crippen LogP contribution is -2.43. The van der Waals surface area contributed by atoms with Crippen molar-refractivity contribution >= 4 is 17.5 Å². The molecule has 0 unspecified atom stereocenters. The molecule has 2 heterocycles. The number of rotatable bonds is 6. The number of piperazine rings is 1. The van der Waals surface area contributed by atoms with Crippen LogP contribution >= 0.6 is 11.6 Å². The SMILES string of the molecule is Cc1nn(-c2ccc(F)cc2)c(Cl)c1C(=O)NCc1cccc(CN2CCN(C)CC2)c1. The van der Waals surface area contributed by atoms with Crippen LogP contribution in [0, 0.1) is 12.7 Å². The summed E-state index contributed by atoms with van der Waals surface area (Å²) in [7, 11) is 2.15. The number of amides is 1. The highest BCUT2D eigenvalue weighted by atomic mass is 35.5. The molecule has 1 aliphatic heterocycles. The Labute approximate surface area is 192 Å². The van der Waals surface area contributed by atoms with Gasteiger partial charge in [0.2, 0.25) is 0 Å². The number of halogens is 2. The first kappa shape index (κ1) is 22.5. The van der Waals surface area contributed by atoms with Gasteiger partial charge in [-0.15, -0.1) is 0 Å². The largest absolute Gasteiger partial charge is 0.348 e. The molecule has 1 N–H and O–H groups in total. The molecule has 1 amide bonds. The van der Waals surface area contributed by atoms with Gasteiger partial charge in [-0.2, -0.15) is 5.10 Å². The molecule has 1 saturated heterocycles. The number of carbonyl (C=O) groups is 1. The molecule has 0 radical (unpaired) electrons. The highest BCUT2D eigenvalue weighted by Crippen LogP contribution is 2.24. The van der Waals surface area contributed by atoms with Crippen LogP contribution in [0.25, 0.3) is 5.69 Å². The fourth-order valence-electron chi connectivity index (χ4n) is 3.88. The average Bonchev–Trinajstić information content (AvgIpc) is 3.08. The second-order valence-corrected chi connectivity index (χ2v) is 8.58. The van der Waals surface area contributed by atoms with Crippen molar-refractivity contribution in [3.05, 3.63) is 81.9 Å². The van der Waals surface area contributed by atoms with Crippen molar-refractivity contribution in [2.75, 3.05) is 33.2 Å². The first-order valence-electron chi connectivity index (χ1n) is 10.7. The van der Waals surface area contributed by atoms with Crippen LogP contribution in [0.2, 0.25) is 5.15 Å². The molecule has 168 valence electrons. The van der Waals surface area contributed by atoms with E-state index in [9.17, 15) is 9.18 Å². The summed E-state index contributed by atoms with van der Waals surface area (Å²) < 4.78 is 14.7. The number of aryl methyl sites for hydroxylation is 1. The van der Waals surface area contributed by atoms with Crippen LogP contribution in [0.15, 0.2) is 48.5 Å². The lowest BCUT2D eigenvalue weighted by molar-refractivity contribution is 0.0950. The highest BCUT2D eigenvalue weighted by molar-refractivity contribution is 6.33. The number of hydrogen-bond acceptors (Lipinski definition) is 4. The minimum absolute atomic E-state index is 0.204. The summed E-state index contributed by atoms with van der Waals surface area (Å²) >= 11 is 6.46. The number of likely N-dealkylation sites (N-methyl/N-ethyl adjacent to an activating group) is 1. The quantitative estimate of drug-likeness (QED) is 0.616. The van der Waals surface area contributed by atoms with E-state index in [1.54, 1.807) is 19.1 Å². The Kier molecular flexibility index (Phi) is 6.89. The predicted molar refractivity (Wildman–Crippen MR) is 124 cm³/mol. The van der Waals surface area contributed by atoms with E-state index in [4.69, 9.17) is 11.6 Å². The first-order chi connectivity index (χ1) is 15.4. The molecule has 0 bridgehead atoms. The molecule has 3 aromatic rings. The zero-order valence-corrected chi connectivity index (χ0v) is 19.1. The van der Waals surface area contributed by atoms with Crippen LogP contribution in [0.3, 0.4) is 0 Å². The van der Waals surface area contributed by atoms with Crippen molar-refractivity contribution in [1.82, 2.24) is 24.9 Å². The highest BCUT2D eigenvalue weighted by Gasteiger charge is 2.21. The second-order valence-electron chi connectivity index (χ2n) is 8.22. The lowest BCUT2D eigenvalue weighted by Gasteiger charge is -2.32. The van der Waals surface area contributed by atoms with E-state index >= 15 is 0 Å². The van der Waals surface area contributed by atoms with E-state index in [-0.39, 0.29) is 16.9 Å². The molecule has 1 aromatic heterocycles. The van der Waals surface area contributed by atoms with E-state index < -0.39 is 0 Å². The van der Waals surface area contributed by atoms with E-state index in [1.165, 1.54) is 22.4 Å². The van der Waals surface area contributed by atoms with Crippen LogP contribution < -0.4 is 5.32 Å². The van der Waals surface area contributed by atoms with Gasteiger partial charge in [0, 0.05) is 39.3 Å².